The molecule has 6 nitrogen and oxygen atoms in total. The van der Waals surface area contributed by atoms with E-state index >= 15 is 0 Å². The Bertz CT molecular complexity index is 930. The molecule has 0 aliphatic carbocycles. The van der Waals surface area contributed by atoms with Crippen molar-refractivity contribution in [1.29, 1.82) is 0 Å². The molecule has 1 atom stereocenters. The van der Waals surface area contributed by atoms with Crippen LogP contribution < -0.4 is 10.6 Å². The van der Waals surface area contributed by atoms with E-state index in [0.29, 0.717) is 16.4 Å². The number of carboxylic acids is 1. The molecule has 0 heterocycles. The lowest BCUT2D eigenvalue weighted by Gasteiger charge is -2.14. The maximum Gasteiger partial charge on any atom is 0.328 e. The standard InChI is InChI=1S/C20H19ClN2O4S/c1-12-16(21)7-4-8-17(12)23-20(27)13(2)28-15-6-3-5-14(11-15)22-18(24)9-10-19(25)26/h3-11,13H,1-2H3,(H,22,24)(H,23,27)(H,25,26)/b10-9+. The first-order valence-corrected chi connectivity index (χ1v) is 9.56. The summed E-state index contributed by atoms with van der Waals surface area (Å²) in [6.07, 6.45) is 1.70. The van der Waals surface area contributed by atoms with E-state index in [4.69, 9.17) is 16.7 Å². The van der Waals surface area contributed by atoms with Gasteiger partial charge in [-0.15, -0.1) is 11.8 Å². The minimum Gasteiger partial charge on any atom is -0.478 e. The number of amides is 2. The van der Waals surface area contributed by atoms with Crippen LogP contribution in [0.1, 0.15) is 12.5 Å². The first kappa shape index (κ1) is 21.5. The minimum atomic E-state index is -1.20. The van der Waals surface area contributed by atoms with Crippen molar-refractivity contribution in [2.45, 2.75) is 24.0 Å². The fraction of sp³-hybridized carbons (Fsp3) is 0.150. The zero-order valence-electron chi connectivity index (χ0n) is 15.2. The molecule has 0 aliphatic heterocycles. The molecule has 2 aromatic carbocycles. The molecule has 0 saturated heterocycles. The smallest absolute Gasteiger partial charge is 0.328 e. The lowest BCUT2D eigenvalue weighted by Crippen LogP contribution is -2.22. The molecule has 8 heteroatoms. The first-order valence-electron chi connectivity index (χ1n) is 8.31. The second kappa shape index (κ2) is 9.96. The minimum absolute atomic E-state index is 0.172. The average molecular weight is 419 g/mol. The van der Waals surface area contributed by atoms with E-state index in [0.717, 1.165) is 22.6 Å². The number of carbonyl (C=O) groups is 3. The number of aliphatic carboxylic acids is 1. The molecule has 0 spiro atoms. The van der Waals surface area contributed by atoms with Crippen LogP contribution in [0.5, 0.6) is 0 Å². The third kappa shape index (κ3) is 6.44. The SMILES string of the molecule is Cc1c(Cl)cccc1NC(=O)C(C)Sc1cccc(NC(=O)/C=C/C(=O)O)c1. The Morgan fingerprint density at radius 3 is 2.54 bits per heavy atom. The van der Waals surface area contributed by atoms with Gasteiger partial charge < -0.3 is 15.7 Å². The Labute approximate surface area is 172 Å². The van der Waals surface area contributed by atoms with Crippen molar-refractivity contribution in [2.75, 3.05) is 10.6 Å². The normalized spacial score (nSPS) is 11.8. The highest BCUT2D eigenvalue weighted by atomic mass is 35.5. The van der Waals surface area contributed by atoms with Crippen LogP contribution in [0.4, 0.5) is 11.4 Å². The molecule has 2 amide bonds. The summed E-state index contributed by atoms with van der Waals surface area (Å²) < 4.78 is 0. The third-order valence-electron chi connectivity index (χ3n) is 3.69. The number of rotatable bonds is 7. The molecule has 0 fully saturated rings. The predicted octanol–water partition coefficient (Wildman–Crippen LogP) is 4.35. The quantitative estimate of drug-likeness (QED) is 0.459. The zero-order chi connectivity index (χ0) is 20.7. The molecule has 0 saturated carbocycles. The summed E-state index contributed by atoms with van der Waals surface area (Å²) in [5.74, 6) is -1.92. The lowest BCUT2D eigenvalue weighted by molar-refractivity contribution is -0.131. The second-order valence-electron chi connectivity index (χ2n) is 5.85. The largest absolute Gasteiger partial charge is 0.478 e. The molecule has 146 valence electrons. The number of carboxylic acid groups (broad SMARTS) is 1. The van der Waals surface area contributed by atoms with Crippen LogP contribution >= 0.6 is 23.4 Å². The van der Waals surface area contributed by atoms with Crippen LogP contribution in [0, 0.1) is 6.92 Å². The van der Waals surface area contributed by atoms with Gasteiger partial charge in [-0.25, -0.2) is 4.79 Å². The van der Waals surface area contributed by atoms with Gasteiger partial charge in [-0.1, -0.05) is 23.7 Å². The molecule has 0 aromatic heterocycles. The zero-order valence-corrected chi connectivity index (χ0v) is 16.8. The number of hydrogen-bond acceptors (Lipinski definition) is 4. The van der Waals surface area contributed by atoms with E-state index in [2.05, 4.69) is 10.6 Å². The van der Waals surface area contributed by atoms with Crippen LogP contribution in [0.2, 0.25) is 5.02 Å². The van der Waals surface area contributed by atoms with Gasteiger partial charge in [0, 0.05) is 33.4 Å². The van der Waals surface area contributed by atoms with Crippen LogP contribution in [0.3, 0.4) is 0 Å². The van der Waals surface area contributed by atoms with E-state index in [-0.39, 0.29) is 5.91 Å². The summed E-state index contributed by atoms with van der Waals surface area (Å²) in [6.45, 7) is 3.61. The fourth-order valence-electron chi connectivity index (χ4n) is 2.21. The van der Waals surface area contributed by atoms with Crippen molar-refractivity contribution in [3.63, 3.8) is 0 Å². The van der Waals surface area contributed by atoms with Crippen molar-refractivity contribution in [3.8, 4) is 0 Å². The molecule has 0 bridgehead atoms. The van der Waals surface area contributed by atoms with E-state index in [1.54, 1.807) is 43.3 Å². The van der Waals surface area contributed by atoms with Crippen LogP contribution in [0.25, 0.3) is 0 Å². The maximum atomic E-state index is 12.5. The fourth-order valence-corrected chi connectivity index (χ4v) is 3.31. The molecular weight excluding hydrogens is 400 g/mol. The highest BCUT2D eigenvalue weighted by Gasteiger charge is 2.16. The summed E-state index contributed by atoms with van der Waals surface area (Å²) in [6, 6.07) is 12.3. The Balaban J connectivity index is 2.00. The Kier molecular flexibility index (Phi) is 7.66. The van der Waals surface area contributed by atoms with Crippen molar-refractivity contribution in [2.24, 2.45) is 0 Å². The van der Waals surface area contributed by atoms with E-state index in [1.165, 1.54) is 11.8 Å². The average Bonchev–Trinajstić information content (AvgIpc) is 2.64. The van der Waals surface area contributed by atoms with Gasteiger partial charge in [0.1, 0.15) is 0 Å². The Morgan fingerprint density at radius 2 is 1.82 bits per heavy atom. The van der Waals surface area contributed by atoms with Crippen molar-refractivity contribution in [3.05, 3.63) is 65.2 Å². The highest BCUT2D eigenvalue weighted by molar-refractivity contribution is 8.00. The molecule has 2 rings (SSSR count). The van der Waals surface area contributed by atoms with Crippen LogP contribution in [-0.2, 0) is 14.4 Å². The van der Waals surface area contributed by atoms with Crippen molar-refractivity contribution >= 4 is 52.5 Å². The summed E-state index contributed by atoms with van der Waals surface area (Å²) >= 11 is 7.41. The molecule has 2 aromatic rings. The Hall–Kier alpha value is -2.77. The first-order chi connectivity index (χ1) is 13.3. The summed E-state index contributed by atoms with van der Waals surface area (Å²) in [5, 5.41) is 14.2. The monoisotopic (exact) mass is 418 g/mol. The maximum absolute atomic E-state index is 12.5. The lowest BCUT2D eigenvalue weighted by atomic mass is 10.2. The van der Waals surface area contributed by atoms with Gasteiger partial charge >= 0.3 is 5.97 Å². The number of halogens is 1. The molecule has 0 aliphatic rings. The van der Waals surface area contributed by atoms with Gasteiger partial charge in [-0.3, -0.25) is 9.59 Å². The Morgan fingerprint density at radius 1 is 1.11 bits per heavy atom. The number of hydrogen-bond donors (Lipinski definition) is 3. The van der Waals surface area contributed by atoms with Crippen LogP contribution in [-0.4, -0.2) is 28.1 Å². The van der Waals surface area contributed by atoms with Gasteiger partial charge in [0.2, 0.25) is 11.8 Å². The number of benzene rings is 2. The van der Waals surface area contributed by atoms with Crippen LogP contribution in [0.15, 0.2) is 59.5 Å². The van der Waals surface area contributed by atoms with E-state index in [9.17, 15) is 14.4 Å². The molecule has 3 N–H and O–H groups in total. The van der Waals surface area contributed by atoms with Gasteiger partial charge in [-0.2, -0.15) is 0 Å². The van der Waals surface area contributed by atoms with E-state index in [1.807, 2.05) is 13.0 Å². The topological polar surface area (TPSA) is 95.5 Å². The van der Waals surface area contributed by atoms with Gasteiger partial charge in [0.25, 0.3) is 0 Å². The van der Waals surface area contributed by atoms with Crippen molar-refractivity contribution < 1.29 is 19.5 Å². The molecule has 28 heavy (non-hydrogen) atoms. The molecular formula is C20H19ClN2O4S. The van der Waals surface area contributed by atoms with Gasteiger partial charge in [0.15, 0.2) is 0 Å². The summed E-state index contributed by atoms with van der Waals surface area (Å²) in [4.78, 5) is 35.4. The number of nitrogens with one attached hydrogen (secondary N) is 2. The highest BCUT2D eigenvalue weighted by Crippen LogP contribution is 2.28. The molecule has 0 radical (unpaired) electrons. The summed E-state index contributed by atoms with van der Waals surface area (Å²) in [5.41, 5.74) is 1.97. The van der Waals surface area contributed by atoms with Gasteiger partial charge in [0.05, 0.1) is 5.25 Å². The molecule has 1 unspecified atom stereocenters. The van der Waals surface area contributed by atoms with E-state index < -0.39 is 17.1 Å². The number of thioether (sulfide) groups is 1. The number of carbonyl (C=O) groups excluding carboxylic acids is 2. The number of anilines is 2. The summed E-state index contributed by atoms with van der Waals surface area (Å²) in [7, 11) is 0. The second-order valence-corrected chi connectivity index (χ2v) is 7.67. The van der Waals surface area contributed by atoms with Gasteiger partial charge in [-0.05, 0) is 49.7 Å². The predicted molar refractivity (Wildman–Crippen MR) is 112 cm³/mol. The van der Waals surface area contributed by atoms with Crippen molar-refractivity contribution in [1.82, 2.24) is 0 Å². The third-order valence-corrected chi connectivity index (χ3v) is 5.19.